The number of unbranched alkanes of at least 4 members (excludes halogenated alkanes) is 2. The molecule has 2 heterocycles. The quantitative estimate of drug-likeness (QED) is 0.811. The van der Waals surface area contributed by atoms with Gasteiger partial charge in [-0.15, -0.1) is 0 Å². The molecule has 0 amide bonds. The first kappa shape index (κ1) is 13.3. The molecule has 0 bridgehead atoms. The highest BCUT2D eigenvalue weighted by Crippen LogP contribution is 2.15. The molecule has 0 unspecified atom stereocenters. The van der Waals surface area contributed by atoms with Gasteiger partial charge in [-0.1, -0.05) is 19.8 Å². The highest BCUT2D eigenvalue weighted by Gasteiger charge is 2.17. The molecule has 0 atom stereocenters. The molecule has 1 saturated heterocycles. The van der Waals surface area contributed by atoms with E-state index in [1.165, 1.54) is 24.8 Å². The second-order valence-corrected chi connectivity index (χ2v) is 5.17. The van der Waals surface area contributed by atoms with E-state index in [0.29, 0.717) is 6.04 Å². The van der Waals surface area contributed by atoms with E-state index in [4.69, 9.17) is 5.73 Å². The Kier molecular flexibility index (Phi) is 4.93. The molecule has 0 aromatic carbocycles. The summed E-state index contributed by atoms with van der Waals surface area (Å²) in [6, 6.07) is 0.356. The largest absolute Gasteiger partial charge is 0.341 e. The molecule has 4 heteroatoms. The lowest BCUT2D eigenvalue weighted by molar-refractivity contribution is 0.495. The number of nitrogens with zero attached hydrogens (tertiary/aromatic N) is 3. The second kappa shape index (κ2) is 6.69. The summed E-state index contributed by atoms with van der Waals surface area (Å²) in [5, 5.41) is 0. The Morgan fingerprint density at radius 1 is 1.22 bits per heavy atom. The van der Waals surface area contributed by atoms with Crippen molar-refractivity contribution in [2.24, 2.45) is 5.73 Å². The van der Waals surface area contributed by atoms with Crippen LogP contribution < -0.4 is 10.6 Å². The van der Waals surface area contributed by atoms with Gasteiger partial charge in [0, 0.05) is 31.5 Å². The number of nitrogens with two attached hydrogens (primary N) is 1. The first-order valence-electron chi connectivity index (χ1n) is 7.11. The normalized spacial score (nSPS) is 17.1. The van der Waals surface area contributed by atoms with Gasteiger partial charge >= 0.3 is 0 Å². The zero-order valence-electron chi connectivity index (χ0n) is 11.3. The lowest BCUT2D eigenvalue weighted by Gasteiger charge is -2.30. The van der Waals surface area contributed by atoms with Crippen LogP contribution in [0.25, 0.3) is 0 Å². The van der Waals surface area contributed by atoms with Crippen molar-refractivity contribution in [2.45, 2.75) is 51.5 Å². The Morgan fingerprint density at radius 2 is 1.89 bits per heavy atom. The first-order valence-corrected chi connectivity index (χ1v) is 7.11. The Hall–Kier alpha value is -1.16. The van der Waals surface area contributed by atoms with Crippen molar-refractivity contribution in [3.05, 3.63) is 18.0 Å². The number of anilines is 1. The maximum atomic E-state index is 5.90. The zero-order chi connectivity index (χ0) is 12.8. The molecule has 0 aliphatic carbocycles. The van der Waals surface area contributed by atoms with Crippen molar-refractivity contribution in [3.8, 4) is 0 Å². The van der Waals surface area contributed by atoms with Gasteiger partial charge in [-0.2, -0.15) is 0 Å². The van der Waals surface area contributed by atoms with Crippen LogP contribution in [0.2, 0.25) is 0 Å². The molecule has 18 heavy (non-hydrogen) atoms. The van der Waals surface area contributed by atoms with Crippen LogP contribution in [0.4, 0.5) is 5.95 Å². The van der Waals surface area contributed by atoms with Crippen LogP contribution in [0.1, 0.15) is 44.6 Å². The van der Waals surface area contributed by atoms with Crippen LogP contribution in [0, 0.1) is 0 Å². The van der Waals surface area contributed by atoms with Crippen molar-refractivity contribution in [1.82, 2.24) is 9.97 Å². The Morgan fingerprint density at radius 3 is 2.50 bits per heavy atom. The minimum absolute atomic E-state index is 0.356. The molecule has 0 spiro atoms. The van der Waals surface area contributed by atoms with Crippen LogP contribution in [0.15, 0.2) is 12.4 Å². The van der Waals surface area contributed by atoms with Crippen LogP contribution in [0.5, 0.6) is 0 Å². The molecule has 1 aliphatic heterocycles. The van der Waals surface area contributed by atoms with Crippen molar-refractivity contribution < 1.29 is 0 Å². The van der Waals surface area contributed by atoms with Crippen LogP contribution >= 0.6 is 0 Å². The van der Waals surface area contributed by atoms with Gasteiger partial charge in [-0.05, 0) is 31.2 Å². The van der Waals surface area contributed by atoms with E-state index in [-0.39, 0.29) is 0 Å². The zero-order valence-corrected chi connectivity index (χ0v) is 11.3. The fraction of sp³-hybridized carbons (Fsp3) is 0.714. The third-order valence-corrected chi connectivity index (χ3v) is 3.58. The molecular weight excluding hydrogens is 224 g/mol. The van der Waals surface area contributed by atoms with Crippen LogP contribution in [-0.2, 0) is 6.42 Å². The Balaban J connectivity index is 1.87. The average molecular weight is 248 g/mol. The molecule has 4 nitrogen and oxygen atoms in total. The van der Waals surface area contributed by atoms with Gasteiger partial charge in [0.2, 0.25) is 5.95 Å². The van der Waals surface area contributed by atoms with E-state index < -0.39 is 0 Å². The van der Waals surface area contributed by atoms with Crippen molar-refractivity contribution in [3.63, 3.8) is 0 Å². The number of piperidine rings is 1. The molecule has 1 fully saturated rings. The third-order valence-electron chi connectivity index (χ3n) is 3.58. The van der Waals surface area contributed by atoms with Crippen LogP contribution in [0.3, 0.4) is 0 Å². The van der Waals surface area contributed by atoms with Crippen molar-refractivity contribution >= 4 is 5.95 Å². The fourth-order valence-corrected chi connectivity index (χ4v) is 2.32. The first-order chi connectivity index (χ1) is 8.79. The predicted octanol–water partition coefficient (Wildman–Crippen LogP) is 2.14. The molecule has 1 aliphatic rings. The number of hydrogen-bond donors (Lipinski definition) is 1. The minimum Gasteiger partial charge on any atom is -0.341 e. The summed E-state index contributed by atoms with van der Waals surface area (Å²) < 4.78 is 0. The molecule has 0 saturated carbocycles. The van der Waals surface area contributed by atoms with Gasteiger partial charge < -0.3 is 10.6 Å². The van der Waals surface area contributed by atoms with Crippen molar-refractivity contribution in [2.75, 3.05) is 18.0 Å². The Bertz CT molecular complexity index is 341. The highest BCUT2D eigenvalue weighted by atomic mass is 15.2. The standard InChI is InChI=1S/C14H24N4/c1-2-3-4-5-12-10-16-14(17-11-12)18-8-6-13(15)7-9-18/h10-11,13H,2-9,15H2,1H3. The van der Waals surface area contributed by atoms with Crippen LogP contribution in [-0.4, -0.2) is 29.1 Å². The molecule has 2 rings (SSSR count). The number of aromatic nitrogens is 2. The number of hydrogen-bond acceptors (Lipinski definition) is 4. The minimum atomic E-state index is 0.356. The van der Waals surface area contributed by atoms with E-state index in [0.717, 1.165) is 38.3 Å². The second-order valence-electron chi connectivity index (χ2n) is 5.17. The topological polar surface area (TPSA) is 55.0 Å². The predicted molar refractivity (Wildman–Crippen MR) is 74.7 cm³/mol. The van der Waals surface area contributed by atoms with E-state index in [9.17, 15) is 0 Å². The van der Waals surface area contributed by atoms with Gasteiger partial charge in [0.1, 0.15) is 0 Å². The SMILES string of the molecule is CCCCCc1cnc(N2CCC(N)CC2)nc1. The number of aryl methyl sites for hydroxylation is 1. The fourth-order valence-electron chi connectivity index (χ4n) is 2.32. The monoisotopic (exact) mass is 248 g/mol. The molecule has 0 radical (unpaired) electrons. The lowest BCUT2D eigenvalue weighted by Crippen LogP contribution is -2.40. The van der Waals surface area contributed by atoms with E-state index >= 15 is 0 Å². The summed E-state index contributed by atoms with van der Waals surface area (Å²) in [5.74, 6) is 0.862. The highest BCUT2D eigenvalue weighted by molar-refractivity contribution is 5.30. The summed E-state index contributed by atoms with van der Waals surface area (Å²) in [7, 11) is 0. The summed E-state index contributed by atoms with van der Waals surface area (Å²) in [4.78, 5) is 11.2. The summed E-state index contributed by atoms with van der Waals surface area (Å²) in [5.41, 5.74) is 7.15. The van der Waals surface area contributed by atoms with Gasteiger partial charge in [0.15, 0.2) is 0 Å². The van der Waals surface area contributed by atoms with E-state index in [2.05, 4.69) is 21.8 Å². The third kappa shape index (κ3) is 3.67. The Labute approximate surface area is 110 Å². The summed E-state index contributed by atoms with van der Waals surface area (Å²) in [6.45, 7) is 4.19. The van der Waals surface area contributed by atoms with Gasteiger partial charge in [0.05, 0.1) is 0 Å². The van der Waals surface area contributed by atoms with Gasteiger partial charge in [-0.3, -0.25) is 0 Å². The molecule has 1 aromatic heterocycles. The smallest absolute Gasteiger partial charge is 0.225 e. The molecule has 2 N–H and O–H groups in total. The van der Waals surface area contributed by atoms with Gasteiger partial charge in [0.25, 0.3) is 0 Å². The molecular formula is C14H24N4. The molecule has 1 aromatic rings. The molecule has 100 valence electrons. The average Bonchev–Trinajstić information content (AvgIpc) is 2.41. The maximum absolute atomic E-state index is 5.90. The lowest BCUT2D eigenvalue weighted by atomic mass is 10.1. The van der Waals surface area contributed by atoms with E-state index in [1.807, 2.05) is 12.4 Å². The van der Waals surface area contributed by atoms with E-state index in [1.54, 1.807) is 0 Å². The summed E-state index contributed by atoms with van der Waals surface area (Å²) in [6.07, 6.45) is 10.9. The summed E-state index contributed by atoms with van der Waals surface area (Å²) >= 11 is 0. The maximum Gasteiger partial charge on any atom is 0.225 e. The number of rotatable bonds is 5. The van der Waals surface area contributed by atoms with Gasteiger partial charge in [-0.25, -0.2) is 9.97 Å². The van der Waals surface area contributed by atoms with Crippen molar-refractivity contribution in [1.29, 1.82) is 0 Å².